The molecule has 2 heterocycles. The Morgan fingerprint density at radius 2 is 1.81 bits per heavy atom. The molecule has 4 heteroatoms. The number of aromatic nitrogens is 3. The molecule has 0 saturated heterocycles. The maximum atomic E-state index is 5.86. The molecule has 2 aromatic heterocycles. The van der Waals surface area contributed by atoms with Crippen LogP contribution < -0.4 is 0 Å². The highest BCUT2D eigenvalue weighted by molar-refractivity contribution is 6.30. The van der Waals surface area contributed by atoms with E-state index in [2.05, 4.69) is 15.0 Å². The van der Waals surface area contributed by atoms with Crippen LogP contribution in [0.25, 0.3) is 22.3 Å². The lowest BCUT2D eigenvalue weighted by molar-refractivity contribution is 1.20. The molecule has 0 fully saturated rings. The number of hydrogen-bond acceptors (Lipinski definition) is 2. The van der Waals surface area contributed by atoms with Gasteiger partial charge in [0, 0.05) is 22.2 Å². The predicted molar refractivity (Wildman–Crippen MR) is 64.3 cm³/mol. The lowest BCUT2D eigenvalue weighted by Gasteiger charge is -2.01. The third-order valence-corrected chi connectivity index (χ3v) is 2.72. The smallest absolute Gasteiger partial charge is 0.141 e. The molecule has 0 aliphatic carbocycles. The van der Waals surface area contributed by atoms with Gasteiger partial charge < -0.3 is 4.98 Å². The average molecular weight is 230 g/mol. The van der Waals surface area contributed by atoms with Gasteiger partial charge in [-0.3, -0.25) is 0 Å². The molecule has 3 nitrogen and oxygen atoms in total. The minimum atomic E-state index is 0.725. The summed E-state index contributed by atoms with van der Waals surface area (Å²) in [6.45, 7) is 0. The highest BCUT2D eigenvalue weighted by Crippen LogP contribution is 2.25. The summed E-state index contributed by atoms with van der Waals surface area (Å²) in [4.78, 5) is 11.5. The van der Waals surface area contributed by atoms with Crippen LogP contribution in [0, 0.1) is 0 Å². The fraction of sp³-hybridized carbons (Fsp3) is 0. The van der Waals surface area contributed by atoms with Crippen molar-refractivity contribution in [1.29, 1.82) is 0 Å². The van der Waals surface area contributed by atoms with Crippen LogP contribution in [0.1, 0.15) is 0 Å². The third-order valence-electron chi connectivity index (χ3n) is 2.47. The summed E-state index contributed by atoms with van der Waals surface area (Å²) >= 11 is 5.86. The summed E-state index contributed by atoms with van der Waals surface area (Å²) in [5.41, 5.74) is 2.80. The van der Waals surface area contributed by atoms with Crippen molar-refractivity contribution in [2.75, 3.05) is 0 Å². The van der Waals surface area contributed by atoms with Crippen molar-refractivity contribution >= 4 is 22.6 Å². The number of aromatic amines is 1. The van der Waals surface area contributed by atoms with Gasteiger partial charge in [0.2, 0.25) is 0 Å². The van der Waals surface area contributed by atoms with Crippen LogP contribution in [0.5, 0.6) is 0 Å². The zero-order chi connectivity index (χ0) is 11.0. The molecule has 0 radical (unpaired) electrons. The number of halogens is 1. The van der Waals surface area contributed by atoms with Crippen LogP contribution in [0.15, 0.2) is 42.9 Å². The Bertz CT molecular complexity index is 628. The van der Waals surface area contributed by atoms with Gasteiger partial charge >= 0.3 is 0 Å². The van der Waals surface area contributed by atoms with Crippen LogP contribution in [0.4, 0.5) is 0 Å². The second-order valence-electron chi connectivity index (χ2n) is 3.47. The Labute approximate surface area is 97.1 Å². The second-order valence-corrected chi connectivity index (χ2v) is 3.91. The molecule has 0 bridgehead atoms. The molecule has 1 N–H and O–H groups in total. The number of nitrogens with one attached hydrogen (secondary N) is 1. The first kappa shape index (κ1) is 9.36. The van der Waals surface area contributed by atoms with Crippen molar-refractivity contribution in [2.24, 2.45) is 0 Å². The number of benzene rings is 1. The number of H-pyrrole nitrogens is 1. The Morgan fingerprint density at radius 1 is 1.00 bits per heavy atom. The van der Waals surface area contributed by atoms with Gasteiger partial charge in [-0.2, -0.15) is 0 Å². The summed E-state index contributed by atoms with van der Waals surface area (Å²) in [7, 11) is 0. The van der Waals surface area contributed by atoms with Crippen molar-refractivity contribution < 1.29 is 0 Å². The Morgan fingerprint density at radius 3 is 2.62 bits per heavy atom. The molecule has 0 aliphatic rings. The van der Waals surface area contributed by atoms with E-state index in [1.807, 2.05) is 36.5 Å². The van der Waals surface area contributed by atoms with Gasteiger partial charge in [0.1, 0.15) is 12.0 Å². The maximum absolute atomic E-state index is 5.86. The van der Waals surface area contributed by atoms with E-state index < -0.39 is 0 Å². The summed E-state index contributed by atoms with van der Waals surface area (Å²) in [6, 6.07) is 9.60. The highest BCUT2D eigenvalue weighted by Gasteiger charge is 2.06. The first-order valence-corrected chi connectivity index (χ1v) is 5.26. The van der Waals surface area contributed by atoms with E-state index in [-0.39, 0.29) is 0 Å². The molecule has 0 spiro atoms. The van der Waals surface area contributed by atoms with Crippen LogP contribution >= 0.6 is 11.6 Å². The highest BCUT2D eigenvalue weighted by atomic mass is 35.5. The summed E-state index contributed by atoms with van der Waals surface area (Å²) in [5, 5.41) is 1.74. The van der Waals surface area contributed by atoms with Gasteiger partial charge in [0.15, 0.2) is 0 Å². The SMILES string of the molecule is Clc1ccc(-c2ncnc3[nH]ccc23)cc1. The lowest BCUT2D eigenvalue weighted by Crippen LogP contribution is -1.86. The van der Waals surface area contributed by atoms with E-state index in [9.17, 15) is 0 Å². The van der Waals surface area contributed by atoms with E-state index >= 15 is 0 Å². The monoisotopic (exact) mass is 229 g/mol. The fourth-order valence-electron chi connectivity index (χ4n) is 1.71. The Hall–Kier alpha value is -1.87. The lowest BCUT2D eigenvalue weighted by atomic mass is 10.1. The minimum Gasteiger partial charge on any atom is -0.346 e. The Kier molecular flexibility index (Phi) is 2.11. The fourth-order valence-corrected chi connectivity index (χ4v) is 1.84. The molecule has 3 rings (SSSR count). The van der Waals surface area contributed by atoms with E-state index in [0.717, 1.165) is 27.3 Å². The van der Waals surface area contributed by atoms with Crippen molar-refractivity contribution in [3.8, 4) is 11.3 Å². The average Bonchev–Trinajstić information content (AvgIpc) is 2.78. The van der Waals surface area contributed by atoms with Gasteiger partial charge in [0.05, 0.1) is 5.69 Å². The molecule has 3 aromatic rings. The second kappa shape index (κ2) is 3.61. The van der Waals surface area contributed by atoms with Crippen molar-refractivity contribution in [1.82, 2.24) is 15.0 Å². The third kappa shape index (κ3) is 1.46. The molecule has 0 aliphatic heterocycles. The van der Waals surface area contributed by atoms with Gasteiger partial charge in [-0.25, -0.2) is 9.97 Å². The number of hydrogen-bond donors (Lipinski definition) is 1. The van der Waals surface area contributed by atoms with E-state index in [1.165, 1.54) is 0 Å². The van der Waals surface area contributed by atoms with E-state index in [4.69, 9.17) is 11.6 Å². The van der Waals surface area contributed by atoms with Crippen LogP contribution in [-0.4, -0.2) is 15.0 Å². The molecule has 1 aromatic carbocycles. The zero-order valence-electron chi connectivity index (χ0n) is 8.31. The number of rotatable bonds is 1. The normalized spacial score (nSPS) is 10.8. The maximum Gasteiger partial charge on any atom is 0.141 e. The van der Waals surface area contributed by atoms with Gasteiger partial charge in [-0.15, -0.1) is 0 Å². The summed E-state index contributed by atoms with van der Waals surface area (Å²) < 4.78 is 0. The number of nitrogens with zero attached hydrogens (tertiary/aromatic N) is 2. The van der Waals surface area contributed by atoms with Crippen LogP contribution in [0.2, 0.25) is 5.02 Å². The molecule has 78 valence electrons. The molecule has 0 atom stereocenters. The predicted octanol–water partition coefficient (Wildman–Crippen LogP) is 3.28. The molecular formula is C12H8ClN3. The quantitative estimate of drug-likeness (QED) is 0.696. The van der Waals surface area contributed by atoms with E-state index in [0.29, 0.717) is 0 Å². The number of fused-ring (bicyclic) bond motifs is 1. The largest absolute Gasteiger partial charge is 0.346 e. The standard InChI is InChI=1S/C12H8ClN3/c13-9-3-1-8(2-4-9)11-10-5-6-14-12(10)16-7-15-11/h1-7H,(H,14,15,16). The van der Waals surface area contributed by atoms with E-state index in [1.54, 1.807) is 6.33 Å². The van der Waals surface area contributed by atoms with Crippen molar-refractivity contribution in [2.45, 2.75) is 0 Å². The topological polar surface area (TPSA) is 41.6 Å². The zero-order valence-corrected chi connectivity index (χ0v) is 9.07. The van der Waals surface area contributed by atoms with Gasteiger partial charge in [0.25, 0.3) is 0 Å². The molecule has 0 saturated carbocycles. The van der Waals surface area contributed by atoms with Gasteiger partial charge in [-0.1, -0.05) is 23.7 Å². The molecular weight excluding hydrogens is 222 g/mol. The van der Waals surface area contributed by atoms with Crippen molar-refractivity contribution in [3.63, 3.8) is 0 Å². The Balaban J connectivity index is 2.25. The van der Waals surface area contributed by atoms with Crippen LogP contribution in [-0.2, 0) is 0 Å². The molecule has 0 unspecified atom stereocenters. The summed E-state index contributed by atoms with van der Waals surface area (Å²) in [5.74, 6) is 0. The molecule has 16 heavy (non-hydrogen) atoms. The van der Waals surface area contributed by atoms with Gasteiger partial charge in [-0.05, 0) is 18.2 Å². The first-order valence-electron chi connectivity index (χ1n) is 4.88. The minimum absolute atomic E-state index is 0.725. The summed E-state index contributed by atoms with van der Waals surface area (Å²) in [6.07, 6.45) is 3.42. The first-order chi connectivity index (χ1) is 7.84. The molecule has 0 amide bonds. The van der Waals surface area contributed by atoms with Crippen LogP contribution in [0.3, 0.4) is 0 Å². The van der Waals surface area contributed by atoms with Crippen molar-refractivity contribution in [3.05, 3.63) is 47.9 Å².